The van der Waals surface area contributed by atoms with E-state index in [0.29, 0.717) is 33.3 Å². The molecule has 0 spiro atoms. The predicted octanol–water partition coefficient (Wildman–Crippen LogP) is 4.92. The second kappa shape index (κ2) is 6.87. The van der Waals surface area contributed by atoms with E-state index in [1.807, 2.05) is 13.8 Å². The van der Waals surface area contributed by atoms with Crippen LogP contribution in [0.1, 0.15) is 52.2 Å². The molecule has 0 radical (unpaired) electrons. The number of rotatable bonds is 1. The largest absolute Gasteiger partial charge is 0.508 e. The molecule has 34 heavy (non-hydrogen) atoms. The molecule has 0 unspecified atom stereocenters. The standard InChI is InChI=1S/C27H23NO6/c1-11-5-14(29)9-18(31)20(11)24-21-13(6-12(2)28-24)7-16-23(25(21)33)26(34)22-17(27(16,3)4)8-15(30)10-19(22)32/h5-10,29-33H,1-4H3. The number of phenols is 5. The number of fused-ring (bicyclic) bond motifs is 3. The fourth-order valence-electron chi connectivity index (χ4n) is 5.12. The van der Waals surface area contributed by atoms with E-state index < -0.39 is 11.2 Å². The van der Waals surface area contributed by atoms with Crippen molar-refractivity contribution in [3.8, 4) is 40.0 Å². The minimum Gasteiger partial charge on any atom is -0.508 e. The SMILES string of the molecule is Cc1cc2cc3c(c(O)c2c(-c2c(C)cc(O)cc2O)n1)C(=O)c1c(O)cc(O)cc1C3(C)C. The van der Waals surface area contributed by atoms with Gasteiger partial charge in [0.2, 0.25) is 5.78 Å². The quantitative estimate of drug-likeness (QED) is 0.274. The highest BCUT2D eigenvalue weighted by Gasteiger charge is 2.41. The van der Waals surface area contributed by atoms with E-state index in [4.69, 9.17) is 0 Å². The number of ketones is 1. The number of aromatic hydroxyl groups is 5. The normalized spacial score (nSPS) is 14.2. The number of phenolic OH excluding ortho intramolecular Hbond substituents is 5. The van der Waals surface area contributed by atoms with Crippen LogP contribution in [0.3, 0.4) is 0 Å². The minimum atomic E-state index is -0.825. The molecule has 1 aliphatic rings. The van der Waals surface area contributed by atoms with E-state index in [0.717, 1.165) is 6.07 Å². The maximum absolute atomic E-state index is 13.6. The summed E-state index contributed by atoms with van der Waals surface area (Å²) in [6.07, 6.45) is 0. The van der Waals surface area contributed by atoms with Crippen molar-refractivity contribution in [2.75, 3.05) is 0 Å². The molecule has 1 aromatic heterocycles. The van der Waals surface area contributed by atoms with E-state index in [1.54, 1.807) is 26.0 Å². The molecule has 0 saturated carbocycles. The second-order valence-corrected chi connectivity index (χ2v) is 9.36. The van der Waals surface area contributed by atoms with E-state index >= 15 is 0 Å². The maximum Gasteiger partial charge on any atom is 0.201 e. The number of aromatic nitrogens is 1. The van der Waals surface area contributed by atoms with Crippen LogP contribution in [0, 0.1) is 13.8 Å². The number of benzene rings is 3. The van der Waals surface area contributed by atoms with Crippen LogP contribution >= 0.6 is 0 Å². The molecule has 0 bridgehead atoms. The summed E-state index contributed by atoms with van der Waals surface area (Å²) in [5.41, 5.74) is 2.01. The van der Waals surface area contributed by atoms with Gasteiger partial charge < -0.3 is 25.5 Å². The Morgan fingerprint density at radius 3 is 1.97 bits per heavy atom. The maximum atomic E-state index is 13.6. The van der Waals surface area contributed by atoms with E-state index in [2.05, 4.69) is 4.98 Å². The van der Waals surface area contributed by atoms with Gasteiger partial charge >= 0.3 is 0 Å². The average Bonchev–Trinajstić information content (AvgIpc) is 2.70. The Hall–Kier alpha value is -4.26. The van der Waals surface area contributed by atoms with Gasteiger partial charge in [0, 0.05) is 28.8 Å². The van der Waals surface area contributed by atoms with Crippen molar-refractivity contribution in [3.05, 3.63) is 69.9 Å². The first-order valence-electron chi connectivity index (χ1n) is 10.7. The van der Waals surface area contributed by atoms with Gasteiger partial charge in [-0.25, -0.2) is 0 Å². The van der Waals surface area contributed by atoms with E-state index in [1.165, 1.54) is 18.2 Å². The summed E-state index contributed by atoms with van der Waals surface area (Å²) in [6.45, 7) is 7.20. The van der Waals surface area contributed by atoms with Gasteiger partial charge in [-0.2, -0.15) is 0 Å². The summed E-state index contributed by atoms with van der Waals surface area (Å²) >= 11 is 0. The molecule has 0 amide bonds. The molecule has 3 aromatic carbocycles. The summed E-state index contributed by atoms with van der Waals surface area (Å²) in [5, 5.41) is 53.5. The topological polar surface area (TPSA) is 131 Å². The molecule has 7 nitrogen and oxygen atoms in total. The lowest BCUT2D eigenvalue weighted by Crippen LogP contribution is -2.30. The van der Waals surface area contributed by atoms with Gasteiger partial charge in [0.05, 0.1) is 22.2 Å². The summed E-state index contributed by atoms with van der Waals surface area (Å²) in [7, 11) is 0. The fraction of sp³-hybridized carbons (Fsp3) is 0.185. The van der Waals surface area contributed by atoms with Crippen molar-refractivity contribution in [1.82, 2.24) is 4.98 Å². The molecule has 172 valence electrons. The van der Waals surface area contributed by atoms with Crippen LogP contribution in [0.25, 0.3) is 22.0 Å². The molecule has 0 saturated heterocycles. The Kier molecular flexibility index (Phi) is 4.36. The molecule has 1 heterocycles. The number of carbonyl (C=O) groups is 1. The molecule has 0 fully saturated rings. The van der Waals surface area contributed by atoms with Gasteiger partial charge in [0.25, 0.3) is 0 Å². The Balaban J connectivity index is 1.93. The van der Waals surface area contributed by atoms with Gasteiger partial charge in [-0.05, 0) is 60.2 Å². The first kappa shape index (κ1) is 21.6. The van der Waals surface area contributed by atoms with Crippen molar-refractivity contribution in [2.45, 2.75) is 33.1 Å². The molecule has 1 aliphatic carbocycles. The number of aryl methyl sites for hydroxylation is 2. The third kappa shape index (κ3) is 2.83. The first-order valence-corrected chi connectivity index (χ1v) is 10.7. The predicted molar refractivity (Wildman–Crippen MR) is 127 cm³/mol. The summed E-state index contributed by atoms with van der Waals surface area (Å²) < 4.78 is 0. The van der Waals surface area contributed by atoms with Crippen molar-refractivity contribution >= 4 is 16.6 Å². The molecule has 5 rings (SSSR count). The summed E-state index contributed by atoms with van der Waals surface area (Å²) in [4.78, 5) is 18.2. The number of nitrogens with zero attached hydrogens (tertiary/aromatic N) is 1. The van der Waals surface area contributed by atoms with Gasteiger partial charge in [-0.15, -0.1) is 0 Å². The van der Waals surface area contributed by atoms with Crippen LogP contribution in [-0.2, 0) is 5.41 Å². The highest BCUT2D eigenvalue weighted by atomic mass is 16.3. The van der Waals surface area contributed by atoms with Crippen molar-refractivity contribution < 1.29 is 30.3 Å². The molecular formula is C27H23NO6. The monoisotopic (exact) mass is 457 g/mol. The van der Waals surface area contributed by atoms with Crippen molar-refractivity contribution in [2.24, 2.45) is 0 Å². The Labute approximate surface area is 195 Å². The number of hydrogen-bond acceptors (Lipinski definition) is 7. The smallest absolute Gasteiger partial charge is 0.201 e. The van der Waals surface area contributed by atoms with Gasteiger partial charge in [-0.3, -0.25) is 9.78 Å². The fourth-order valence-corrected chi connectivity index (χ4v) is 5.12. The highest BCUT2D eigenvalue weighted by molar-refractivity contribution is 6.20. The molecular weight excluding hydrogens is 434 g/mol. The first-order chi connectivity index (χ1) is 15.9. The Bertz CT molecular complexity index is 1550. The lowest BCUT2D eigenvalue weighted by atomic mass is 9.67. The van der Waals surface area contributed by atoms with Crippen molar-refractivity contribution in [1.29, 1.82) is 0 Å². The molecule has 5 N–H and O–H groups in total. The van der Waals surface area contributed by atoms with Gasteiger partial charge in [0.15, 0.2) is 0 Å². The zero-order chi connectivity index (χ0) is 24.7. The molecule has 0 atom stereocenters. The summed E-state index contributed by atoms with van der Waals surface area (Å²) in [5.74, 6) is -1.72. The zero-order valence-corrected chi connectivity index (χ0v) is 19.1. The third-order valence-corrected chi connectivity index (χ3v) is 6.66. The minimum absolute atomic E-state index is 0.0234. The average molecular weight is 457 g/mol. The third-order valence-electron chi connectivity index (χ3n) is 6.66. The number of hydrogen-bond donors (Lipinski definition) is 5. The van der Waals surface area contributed by atoms with Crippen LogP contribution < -0.4 is 0 Å². The van der Waals surface area contributed by atoms with Crippen molar-refractivity contribution in [3.63, 3.8) is 0 Å². The zero-order valence-electron chi connectivity index (χ0n) is 19.1. The lowest BCUT2D eigenvalue weighted by molar-refractivity contribution is 0.102. The Morgan fingerprint density at radius 1 is 0.735 bits per heavy atom. The van der Waals surface area contributed by atoms with Crippen LogP contribution in [-0.4, -0.2) is 36.3 Å². The van der Waals surface area contributed by atoms with E-state index in [-0.39, 0.29) is 51.0 Å². The number of carbonyl (C=O) groups excluding carboxylic acids is 1. The highest BCUT2D eigenvalue weighted by Crippen LogP contribution is 2.51. The van der Waals surface area contributed by atoms with Crippen LogP contribution in [0.2, 0.25) is 0 Å². The van der Waals surface area contributed by atoms with Crippen LogP contribution in [0.4, 0.5) is 0 Å². The molecule has 4 aromatic rings. The molecule has 0 aliphatic heterocycles. The van der Waals surface area contributed by atoms with Crippen LogP contribution in [0.5, 0.6) is 28.7 Å². The number of pyridine rings is 1. The Morgan fingerprint density at radius 2 is 1.32 bits per heavy atom. The molecule has 7 heteroatoms. The van der Waals surface area contributed by atoms with Gasteiger partial charge in [-0.1, -0.05) is 13.8 Å². The van der Waals surface area contributed by atoms with Crippen LogP contribution in [0.15, 0.2) is 36.4 Å². The summed E-state index contributed by atoms with van der Waals surface area (Å²) in [6, 6.07) is 8.82. The second-order valence-electron chi connectivity index (χ2n) is 9.36. The lowest BCUT2D eigenvalue weighted by Gasteiger charge is -2.35. The van der Waals surface area contributed by atoms with E-state index in [9.17, 15) is 30.3 Å². The van der Waals surface area contributed by atoms with Gasteiger partial charge in [0.1, 0.15) is 28.7 Å².